The number of ether oxygens (including phenoxy) is 1. The molecule has 0 N–H and O–H groups in total. The first-order chi connectivity index (χ1) is 5.95. The van der Waals surface area contributed by atoms with E-state index >= 15 is 0 Å². The summed E-state index contributed by atoms with van der Waals surface area (Å²) >= 11 is 0. The molecule has 0 aliphatic carbocycles. The van der Waals surface area contributed by atoms with Gasteiger partial charge in [0.2, 0.25) is 0 Å². The second-order valence-corrected chi connectivity index (χ2v) is 2.64. The molecule has 12 heavy (non-hydrogen) atoms. The van der Waals surface area contributed by atoms with Crippen LogP contribution in [-0.2, 0) is 9.62 Å². The van der Waals surface area contributed by atoms with Crippen LogP contribution in [0.5, 0.6) is 5.75 Å². The van der Waals surface area contributed by atoms with Gasteiger partial charge in [-0.2, -0.15) is 4.89 Å². The zero-order chi connectivity index (χ0) is 8.23. The Balaban J connectivity index is 1.72. The quantitative estimate of drug-likeness (QED) is 0.385. The Kier molecular flexibility index (Phi) is 2.25. The summed E-state index contributed by atoms with van der Waals surface area (Å²) in [5, 5.41) is 0. The molecule has 1 saturated heterocycles. The first kappa shape index (κ1) is 7.58. The maximum absolute atomic E-state index is 4.98. The molecule has 3 heteroatoms. The van der Waals surface area contributed by atoms with E-state index in [9.17, 15) is 0 Å². The fourth-order valence-corrected chi connectivity index (χ4v) is 0.818. The van der Waals surface area contributed by atoms with Gasteiger partial charge in [0.05, 0.1) is 6.61 Å². The third-order valence-corrected chi connectivity index (χ3v) is 1.55. The Bertz CT molecular complexity index is 231. The molecule has 1 aromatic carbocycles. The van der Waals surface area contributed by atoms with Crippen molar-refractivity contribution < 1.29 is 14.5 Å². The van der Waals surface area contributed by atoms with Gasteiger partial charge in [-0.25, -0.2) is 0 Å². The number of hydrogen-bond donors (Lipinski definition) is 0. The van der Waals surface area contributed by atoms with Gasteiger partial charge in [0.15, 0.2) is 5.75 Å². The van der Waals surface area contributed by atoms with Crippen LogP contribution in [0.4, 0.5) is 0 Å². The van der Waals surface area contributed by atoms with Gasteiger partial charge in [0.25, 0.3) is 0 Å². The lowest BCUT2D eigenvalue weighted by molar-refractivity contribution is -0.209. The van der Waals surface area contributed by atoms with Crippen LogP contribution in [0.1, 0.15) is 0 Å². The van der Waals surface area contributed by atoms with E-state index in [1.807, 2.05) is 30.3 Å². The van der Waals surface area contributed by atoms with E-state index in [4.69, 9.17) is 14.5 Å². The summed E-state index contributed by atoms with van der Waals surface area (Å²) in [6, 6.07) is 9.40. The molecule has 0 aromatic heterocycles. The van der Waals surface area contributed by atoms with Crippen LogP contribution < -0.4 is 4.89 Å². The van der Waals surface area contributed by atoms with E-state index in [1.165, 1.54) is 0 Å². The lowest BCUT2D eigenvalue weighted by Crippen LogP contribution is -2.04. The van der Waals surface area contributed by atoms with Crippen LogP contribution in [0.2, 0.25) is 0 Å². The molecule has 0 saturated carbocycles. The first-order valence-corrected chi connectivity index (χ1v) is 3.91. The zero-order valence-corrected chi connectivity index (χ0v) is 6.60. The summed E-state index contributed by atoms with van der Waals surface area (Å²) in [6.45, 7) is 1.30. The maximum atomic E-state index is 4.98. The highest BCUT2D eigenvalue weighted by Gasteiger charge is 2.23. The van der Waals surface area contributed by atoms with Gasteiger partial charge in [0, 0.05) is 0 Å². The van der Waals surface area contributed by atoms with Gasteiger partial charge in [0.1, 0.15) is 12.7 Å². The molecule has 1 unspecified atom stereocenters. The van der Waals surface area contributed by atoms with Gasteiger partial charge < -0.3 is 9.62 Å². The van der Waals surface area contributed by atoms with Crippen molar-refractivity contribution in [1.29, 1.82) is 0 Å². The van der Waals surface area contributed by atoms with Gasteiger partial charge in [-0.15, -0.1) is 0 Å². The van der Waals surface area contributed by atoms with E-state index in [0.717, 1.165) is 12.4 Å². The van der Waals surface area contributed by atoms with Gasteiger partial charge >= 0.3 is 0 Å². The Labute approximate surface area is 70.8 Å². The third kappa shape index (κ3) is 2.22. The fourth-order valence-electron chi connectivity index (χ4n) is 0.818. The van der Waals surface area contributed by atoms with Crippen LogP contribution in [0.3, 0.4) is 0 Å². The minimum atomic E-state index is 0.244. The minimum absolute atomic E-state index is 0.244. The molecular formula is C9H10O3. The molecule has 1 aliphatic rings. The molecule has 1 aromatic rings. The van der Waals surface area contributed by atoms with Gasteiger partial charge in [-0.05, 0) is 12.1 Å². The van der Waals surface area contributed by atoms with E-state index in [0.29, 0.717) is 6.61 Å². The molecule has 0 spiro atoms. The lowest BCUT2D eigenvalue weighted by atomic mass is 10.3. The van der Waals surface area contributed by atoms with Crippen molar-refractivity contribution >= 4 is 0 Å². The van der Waals surface area contributed by atoms with Crippen molar-refractivity contribution in [1.82, 2.24) is 0 Å². The van der Waals surface area contributed by atoms with Crippen molar-refractivity contribution in [3.8, 4) is 5.75 Å². The van der Waals surface area contributed by atoms with Gasteiger partial charge in [-0.3, -0.25) is 0 Å². The summed E-state index contributed by atoms with van der Waals surface area (Å²) in [5.74, 6) is 0.721. The number of benzene rings is 1. The highest BCUT2D eigenvalue weighted by Crippen LogP contribution is 2.12. The highest BCUT2D eigenvalue weighted by molar-refractivity contribution is 5.20. The van der Waals surface area contributed by atoms with Crippen LogP contribution in [0, 0.1) is 0 Å². The molecule has 1 heterocycles. The first-order valence-electron chi connectivity index (χ1n) is 3.91. The van der Waals surface area contributed by atoms with Crippen molar-refractivity contribution in [2.45, 2.75) is 6.10 Å². The Morgan fingerprint density at radius 3 is 2.75 bits per heavy atom. The summed E-state index contributed by atoms with van der Waals surface area (Å²) in [5.41, 5.74) is 0. The Hall–Kier alpha value is -1.06. The average molecular weight is 166 g/mol. The van der Waals surface area contributed by atoms with Crippen molar-refractivity contribution in [3.05, 3.63) is 30.3 Å². The molecule has 0 amide bonds. The van der Waals surface area contributed by atoms with Crippen molar-refractivity contribution in [2.75, 3.05) is 13.2 Å². The zero-order valence-electron chi connectivity index (χ0n) is 6.60. The maximum Gasteiger partial charge on any atom is 0.165 e. The van der Waals surface area contributed by atoms with E-state index in [1.54, 1.807) is 0 Å². The van der Waals surface area contributed by atoms with Crippen molar-refractivity contribution in [3.63, 3.8) is 0 Å². The highest BCUT2D eigenvalue weighted by atomic mass is 17.2. The second kappa shape index (κ2) is 3.56. The second-order valence-electron chi connectivity index (χ2n) is 2.64. The number of hydrogen-bond acceptors (Lipinski definition) is 3. The Morgan fingerprint density at radius 2 is 2.08 bits per heavy atom. The topological polar surface area (TPSA) is 31.0 Å². The summed E-state index contributed by atoms with van der Waals surface area (Å²) in [6.07, 6.45) is 0.244. The van der Waals surface area contributed by atoms with Crippen LogP contribution in [0.25, 0.3) is 0 Å². The number of para-hydroxylation sites is 1. The summed E-state index contributed by atoms with van der Waals surface area (Å²) in [4.78, 5) is 9.90. The fraction of sp³-hybridized carbons (Fsp3) is 0.333. The minimum Gasteiger partial charge on any atom is -0.370 e. The molecule has 0 bridgehead atoms. The summed E-state index contributed by atoms with van der Waals surface area (Å²) in [7, 11) is 0. The van der Waals surface area contributed by atoms with Gasteiger partial charge in [-0.1, -0.05) is 18.2 Å². The molecule has 3 nitrogen and oxygen atoms in total. The van der Waals surface area contributed by atoms with E-state index in [-0.39, 0.29) is 6.10 Å². The number of rotatable bonds is 4. The summed E-state index contributed by atoms with van der Waals surface area (Å²) < 4.78 is 4.94. The van der Waals surface area contributed by atoms with Crippen LogP contribution in [0.15, 0.2) is 30.3 Å². The molecular weight excluding hydrogens is 156 g/mol. The molecule has 1 aliphatic heterocycles. The van der Waals surface area contributed by atoms with E-state index < -0.39 is 0 Å². The molecule has 2 rings (SSSR count). The molecule has 1 fully saturated rings. The number of epoxide rings is 1. The van der Waals surface area contributed by atoms with Crippen LogP contribution in [-0.4, -0.2) is 19.3 Å². The average Bonchev–Trinajstić information content (AvgIpc) is 2.90. The normalized spacial score (nSPS) is 20.5. The largest absolute Gasteiger partial charge is 0.370 e. The molecule has 1 atom stereocenters. The third-order valence-electron chi connectivity index (χ3n) is 1.55. The molecule has 64 valence electrons. The van der Waals surface area contributed by atoms with E-state index in [2.05, 4.69) is 0 Å². The predicted molar refractivity (Wildman–Crippen MR) is 42.8 cm³/mol. The Morgan fingerprint density at radius 1 is 1.33 bits per heavy atom. The standard InChI is InChI=1S/C9H10O3/c1-2-4-8(5-3-1)12-11-7-9-6-10-9/h1-5,9H,6-7H2. The predicted octanol–water partition coefficient (Wildman–Crippen LogP) is 1.40. The smallest absolute Gasteiger partial charge is 0.165 e. The monoisotopic (exact) mass is 166 g/mol. The van der Waals surface area contributed by atoms with Crippen LogP contribution >= 0.6 is 0 Å². The SMILES string of the molecule is c1ccc(OOCC2CO2)cc1. The molecule has 0 radical (unpaired) electrons. The lowest BCUT2D eigenvalue weighted by Gasteiger charge is -2.01. The van der Waals surface area contributed by atoms with Crippen molar-refractivity contribution in [2.24, 2.45) is 0 Å².